The zero-order valence-corrected chi connectivity index (χ0v) is 20.2. The molecule has 29 heavy (non-hydrogen) atoms. The van der Waals surface area contributed by atoms with E-state index in [-0.39, 0.29) is 22.6 Å². The topological polar surface area (TPSA) is 61.4 Å². The number of anilines is 1. The van der Waals surface area contributed by atoms with E-state index >= 15 is 0 Å². The van der Waals surface area contributed by atoms with Gasteiger partial charge in [-0.1, -0.05) is 64.3 Å². The molecule has 0 saturated carbocycles. The highest BCUT2D eigenvalue weighted by Crippen LogP contribution is 2.41. The number of fused-ring (bicyclic) bond motifs is 1. The van der Waals surface area contributed by atoms with E-state index in [2.05, 4.69) is 30.3 Å². The van der Waals surface area contributed by atoms with Crippen LogP contribution in [0.1, 0.15) is 31.2 Å². The number of hydrogen-bond acceptors (Lipinski definition) is 5. The zero-order chi connectivity index (χ0) is 20.9. The number of alkyl halides is 1. The molecule has 1 aliphatic rings. The summed E-state index contributed by atoms with van der Waals surface area (Å²) in [4.78, 5) is 0.959. The first-order valence-corrected chi connectivity index (χ1v) is 13.3. The highest BCUT2D eigenvalue weighted by molar-refractivity contribution is 9.09. The van der Waals surface area contributed by atoms with E-state index in [0.29, 0.717) is 0 Å². The van der Waals surface area contributed by atoms with Crippen LogP contribution in [0.5, 0.6) is 0 Å². The molecule has 0 aromatic heterocycles. The maximum Gasteiger partial charge on any atom is 0.242 e. The third kappa shape index (κ3) is 6.12. The summed E-state index contributed by atoms with van der Waals surface area (Å²) in [5, 5.41) is 4.75. The molecule has 1 heterocycles. The quantitative estimate of drug-likeness (QED) is 0.262. The minimum atomic E-state index is -3.72. The standard InChI is InChI=1S/C20H25BrClN3O2S2/c1-25-20(10-6-3-7-11-21)24-17-12-16(22)19(13-18(17)28-25)29(26,27)23-14-15-8-4-2-5-9-15/h2,4-5,8-9,12-13,20,23-24H,3,6-7,10-11,14H2,1H3. The van der Waals surface area contributed by atoms with Gasteiger partial charge in [0.05, 0.1) is 16.9 Å². The maximum atomic E-state index is 12.8. The van der Waals surface area contributed by atoms with Crippen LogP contribution in [0.3, 0.4) is 0 Å². The highest BCUT2D eigenvalue weighted by Gasteiger charge is 2.27. The molecule has 1 atom stereocenters. The number of benzene rings is 2. The molecule has 1 unspecified atom stereocenters. The Balaban J connectivity index is 1.72. The van der Waals surface area contributed by atoms with E-state index in [0.717, 1.165) is 34.3 Å². The SMILES string of the molecule is CN1Sc2cc(S(=O)(=O)NCc3ccccc3)c(Cl)cc2NC1CCCCCBr. The van der Waals surface area contributed by atoms with Gasteiger partial charge in [-0.2, -0.15) is 0 Å². The second-order valence-corrected chi connectivity index (χ2v) is 11.1. The number of rotatable bonds is 9. The van der Waals surface area contributed by atoms with Gasteiger partial charge >= 0.3 is 0 Å². The van der Waals surface area contributed by atoms with E-state index in [4.69, 9.17) is 11.6 Å². The lowest BCUT2D eigenvalue weighted by Crippen LogP contribution is -2.36. The van der Waals surface area contributed by atoms with Gasteiger partial charge in [0.25, 0.3) is 0 Å². The van der Waals surface area contributed by atoms with Crippen LogP contribution in [0, 0.1) is 0 Å². The van der Waals surface area contributed by atoms with Gasteiger partial charge in [0.1, 0.15) is 4.90 Å². The third-order valence-electron chi connectivity index (χ3n) is 4.75. The smallest absolute Gasteiger partial charge is 0.242 e. The molecule has 0 spiro atoms. The van der Waals surface area contributed by atoms with Crippen molar-refractivity contribution in [3.05, 3.63) is 53.1 Å². The van der Waals surface area contributed by atoms with E-state index in [1.807, 2.05) is 37.4 Å². The van der Waals surface area contributed by atoms with Gasteiger partial charge in [-0.25, -0.2) is 17.4 Å². The van der Waals surface area contributed by atoms with Gasteiger partial charge < -0.3 is 5.32 Å². The maximum absolute atomic E-state index is 12.8. The van der Waals surface area contributed by atoms with Gasteiger partial charge in [0, 0.05) is 16.8 Å². The minimum Gasteiger partial charge on any atom is -0.368 e. The first-order valence-electron chi connectivity index (χ1n) is 9.51. The minimum absolute atomic E-state index is 0.104. The van der Waals surface area contributed by atoms with Crippen molar-refractivity contribution in [2.75, 3.05) is 17.7 Å². The van der Waals surface area contributed by atoms with Crippen molar-refractivity contribution in [2.24, 2.45) is 0 Å². The Morgan fingerprint density at radius 2 is 1.97 bits per heavy atom. The second-order valence-electron chi connectivity index (χ2n) is 6.92. The Labute approximate surface area is 190 Å². The lowest BCUT2D eigenvalue weighted by Gasteiger charge is -2.35. The Bertz CT molecular complexity index is 929. The fourth-order valence-electron chi connectivity index (χ4n) is 3.13. The molecule has 0 radical (unpaired) electrons. The predicted molar refractivity (Wildman–Crippen MR) is 125 cm³/mol. The number of nitrogens with zero attached hydrogens (tertiary/aromatic N) is 1. The Morgan fingerprint density at radius 3 is 2.69 bits per heavy atom. The number of halogens is 2. The van der Waals surface area contributed by atoms with Crippen LogP contribution in [-0.4, -0.2) is 31.3 Å². The van der Waals surface area contributed by atoms with Crippen LogP contribution in [0.4, 0.5) is 5.69 Å². The van der Waals surface area contributed by atoms with Crippen molar-refractivity contribution in [3.63, 3.8) is 0 Å². The van der Waals surface area contributed by atoms with Crippen LogP contribution in [0.15, 0.2) is 52.3 Å². The fourth-order valence-corrected chi connectivity index (χ4v) is 6.16. The van der Waals surface area contributed by atoms with Crippen LogP contribution >= 0.6 is 39.5 Å². The largest absolute Gasteiger partial charge is 0.368 e. The van der Waals surface area contributed by atoms with Crippen molar-refractivity contribution in [1.82, 2.24) is 9.03 Å². The van der Waals surface area contributed by atoms with Crippen molar-refractivity contribution in [1.29, 1.82) is 0 Å². The van der Waals surface area contributed by atoms with Crippen molar-refractivity contribution in [3.8, 4) is 0 Å². The molecule has 0 fully saturated rings. The Hall–Kier alpha value is -0.770. The number of unbranched alkanes of at least 4 members (excludes halogenated alkanes) is 2. The summed E-state index contributed by atoms with van der Waals surface area (Å²) < 4.78 is 30.4. The van der Waals surface area contributed by atoms with E-state index in [9.17, 15) is 8.42 Å². The molecule has 0 aliphatic carbocycles. The summed E-state index contributed by atoms with van der Waals surface area (Å²) in [5.41, 5.74) is 1.77. The van der Waals surface area contributed by atoms with Gasteiger partial charge in [-0.05, 0) is 56.0 Å². The van der Waals surface area contributed by atoms with Gasteiger partial charge in [0.2, 0.25) is 10.0 Å². The van der Waals surface area contributed by atoms with E-state index in [1.165, 1.54) is 12.8 Å². The molecule has 3 rings (SSSR count). The normalized spacial score (nSPS) is 17.0. The average molecular weight is 519 g/mol. The number of sulfonamides is 1. The molecule has 158 valence electrons. The van der Waals surface area contributed by atoms with Crippen molar-refractivity contribution in [2.45, 2.75) is 48.2 Å². The highest BCUT2D eigenvalue weighted by atomic mass is 79.9. The predicted octanol–water partition coefficient (Wildman–Crippen LogP) is 5.46. The molecule has 9 heteroatoms. The third-order valence-corrected chi connectivity index (χ3v) is 8.25. The van der Waals surface area contributed by atoms with Crippen LogP contribution < -0.4 is 10.0 Å². The molecule has 0 amide bonds. The molecular formula is C20H25BrClN3O2S2. The summed E-state index contributed by atoms with van der Waals surface area (Å²) in [6.07, 6.45) is 4.69. The van der Waals surface area contributed by atoms with Crippen molar-refractivity contribution >= 4 is 55.2 Å². The lowest BCUT2D eigenvalue weighted by atomic mass is 10.1. The molecule has 2 N–H and O–H groups in total. The Morgan fingerprint density at radius 1 is 1.21 bits per heavy atom. The van der Waals surface area contributed by atoms with Gasteiger partial charge in [-0.15, -0.1) is 0 Å². The first kappa shape index (κ1) is 22.9. The molecule has 0 bridgehead atoms. The first-order chi connectivity index (χ1) is 13.9. The molecule has 1 aliphatic heterocycles. The van der Waals surface area contributed by atoms with Gasteiger partial charge in [-0.3, -0.25) is 0 Å². The summed E-state index contributed by atoms with van der Waals surface area (Å²) in [6, 6.07) is 12.8. The van der Waals surface area contributed by atoms with Crippen LogP contribution in [-0.2, 0) is 16.6 Å². The van der Waals surface area contributed by atoms with E-state index < -0.39 is 10.0 Å². The molecule has 2 aromatic rings. The molecule has 2 aromatic carbocycles. The second kappa shape index (κ2) is 10.5. The Kier molecular flexibility index (Phi) is 8.30. The van der Waals surface area contributed by atoms with Crippen LogP contribution in [0.2, 0.25) is 5.02 Å². The molecular weight excluding hydrogens is 494 g/mol. The monoisotopic (exact) mass is 517 g/mol. The van der Waals surface area contributed by atoms with Crippen LogP contribution in [0.25, 0.3) is 0 Å². The summed E-state index contributed by atoms with van der Waals surface area (Å²) in [7, 11) is -1.70. The molecule has 5 nitrogen and oxygen atoms in total. The van der Waals surface area contributed by atoms with Crippen molar-refractivity contribution < 1.29 is 8.42 Å². The fraction of sp³-hybridized carbons (Fsp3) is 0.400. The number of hydrogen-bond donors (Lipinski definition) is 2. The molecule has 0 saturated heterocycles. The summed E-state index contributed by atoms with van der Waals surface area (Å²) in [5.74, 6) is 0. The summed E-state index contributed by atoms with van der Waals surface area (Å²) >= 11 is 11.4. The average Bonchev–Trinajstić information content (AvgIpc) is 2.70. The van der Waals surface area contributed by atoms with Gasteiger partial charge in [0.15, 0.2) is 0 Å². The number of nitrogens with one attached hydrogen (secondary N) is 2. The van der Waals surface area contributed by atoms with E-state index in [1.54, 1.807) is 24.1 Å². The lowest BCUT2D eigenvalue weighted by molar-refractivity contribution is 0.401. The summed E-state index contributed by atoms with van der Waals surface area (Å²) in [6.45, 7) is 0.221. The zero-order valence-electron chi connectivity index (χ0n) is 16.2.